The van der Waals surface area contributed by atoms with Gasteiger partial charge in [0.15, 0.2) is 0 Å². The third-order valence-corrected chi connectivity index (χ3v) is 3.03. The van der Waals surface area contributed by atoms with Gasteiger partial charge in [0.2, 0.25) is 0 Å². The van der Waals surface area contributed by atoms with E-state index < -0.39 is 4.92 Å². The first-order valence-corrected chi connectivity index (χ1v) is 6.16. The van der Waals surface area contributed by atoms with Gasteiger partial charge in [-0.2, -0.15) is 0 Å². The molecular formula is C14H16N4O2. The molecular weight excluding hydrogens is 256 g/mol. The highest BCUT2D eigenvalue weighted by atomic mass is 16.6. The van der Waals surface area contributed by atoms with E-state index in [1.807, 2.05) is 43.1 Å². The molecule has 1 heterocycles. The summed E-state index contributed by atoms with van der Waals surface area (Å²) < 4.78 is 0. The van der Waals surface area contributed by atoms with Gasteiger partial charge in [0.25, 0.3) is 5.69 Å². The second-order valence-corrected chi connectivity index (χ2v) is 4.47. The molecule has 1 aromatic heterocycles. The lowest BCUT2D eigenvalue weighted by Crippen LogP contribution is -2.12. The molecule has 0 radical (unpaired) electrons. The van der Waals surface area contributed by atoms with Gasteiger partial charge < -0.3 is 10.2 Å². The molecule has 2 aromatic rings. The van der Waals surface area contributed by atoms with Crippen molar-refractivity contribution in [1.29, 1.82) is 0 Å². The number of aryl methyl sites for hydroxylation is 1. The quantitative estimate of drug-likeness (QED) is 0.684. The first kappa shape index (κ1) is 13.8. The Hall–Kier alpha value is -2.63. The lowest BCUT2D eigenvalue weighted by Gasteiger charge is -2.19. The van der Waals surface area contributed by atoms with Gasteiger partial charge in [0.05, 0.1) is 17.1 Å². The Labute approximate surface area is 117 Å². The van der Waals surface area contributed by atoms with E-state index in [1.165, 1.54) is 12.1 Å². The molecule has 1 aromatic carbocycles. The molecule has 0 atom stereocenters. The van der Waals surface area contributed by atoms with E-state index >= 15 is 0 Å². The minimum Gasteiger partial charge on any atom is -0.373 e. The van der Waals surface area contributed by atoms with Gasteiger partial charge in [-0.15, -0.1) is 0 Å². The SMILES string of the molecule is CNc1cc([N+](=O)[O-])cc(N(C)c2ccc(C)cc2)n1. The smallest absolute Gasteiger partial charge is 0.276 e. The zero-order valence-corrected chi connectivity index (χ0v) is 11.6. The summed E-state index contributed by atoms with van der Waals surface area (Å²) in [6.45, 7) is 2.01. The van der Waals surface area contributed by atoms with Crippen LogP contribution in [0.1, 0.15) is 5.56 Å². The van der Waals surface area contributed by atoms with Gasteiger partial charge in [0, 0.05) is 19.8 Å². The Morgan fingerprint density at radius 1 is 1.25 bits per heavy atom. The molecule has 2 rings (SSSR count). The number of hydrogen-bond donors (Lipinski definition) is 1. The van der Waals surface area contributed by atoms with Crippen LogP contribution in [0.2, 0.25) is 0 Å². The molecule has 0 bridgehead atoms. The average molecular weight is 272 g/mol. The number of nitrogens with one attached hydrogen (secondary N) is 1. The van der Waals surface area contributed by atoms with Gasteiger partial charge in [-0.1, -0.05) is 17.7 Å². The second-order valence-electron chi connectivity index (χ2n) is 4.47. The van der Waals surface area contributed by atoms with E-state index in [0.29, 0.717) is 11.6 Å². The van der Waals surface area contributed by atoms with Gasteiger partial charge in [-0.3, -0.25) is 10.1 Å². The fraction of sp³-hybridized carbons (Fsp3) is 0.214. The molecule has 104 valence electrons. The molecule has 0 aliphatic heterocycles. The van der Waals surface area contributed by atoms with Crippen molar-refractivity contribution in [2.24, 2.45) is 0 Å². The van der Waals surface area contributed by atoms with Crippen LogP contribution in [0.3, 0.4) is 0 Å². The minimum absolute atomic E-state index is 0.0123. The highest BCUT2D eigenvalue weighted by molar-refractivity contribution is 5.64. The van der Waals surface area contributed by atoms with Crippen LogP contribution in [0.4, 0.5) is 23.0 Å². The number of hydrogen-bond acceptors (Lipinski definition) is 5. The van der Waals surface area contributed by atoms with Crippen molar-refractivity contribution in [3.05, 3.63) is 52.1 Å². The standard InChI is InChI=1S/C14H16N4O2/c1-10-4-6-11(7-5-10)17(3)14-9-12(18(19)20)8-13(15-2)16-14/h4-9H,1-3H3,(H,15,16). The largest absolute Gasteiger partial charge is 0.373 e. The Kier molecular flexibility index (Phi) is 3.84. The molecule has 0 aliphatic carbocycles. The van der Waals surface area contributed by atoms with Crippen LogP contribution in [0.25, 0.3) is 0 Å². The van der Waals surface area contributed by atoms with Crippen LogP contribution < -0.4 is 10.2 Å². The highest BCUT2D eigenvalue weighted by Crippen LogP contribution is 2.27. The summed E-state index contributed by atoms with van der Waals surface area (Å²) in [5.41, 5.74) is 2.09. The summed E-state index contributed by atoms with van der Waals surface area (Å²) in [4.78, 5) is 16.7. The maximum absolute atomic E-state index is 11.0. The molecule has 0 fully saturated rings. The van der Waals surface area contributed by atoms with Crippen molar-refractivity contribution in [3.8, 4) is 0 Å². The third-order valence-electron chi connectivity index (χ3n) is 3.03. The van der Waals surface area contributed by atoms with E-state index in [1.54, 1.807) is 7.05 Å². The van der Waals surface area contributed by atoms with E-state index in [4.69, 9.17) is 0 Å². The van der Waals surface area contributed by atoms with Gasteiger partial charge in [-0.25, -0.2) is 4.98 Å². The number of benzene rings is 1. The molecule has 6 heteroatoms. The predicted molar refractivity (Wildman–Crippen MR) is 79.7 cm³/mol. The normalized spacial score (nSPS) is 10.2. The van der Waals surface area contributed by atoms with Crippen LogP contribution in [0.15, 0.2) is 36.4 Å². The predicted octanol–water partition coefficient (Wildman–Crippen LogP) is 3.11. The van der Waals surface area contributed by atoms with E-state index in [9.17, 15) is 10.1 Å². The molecule has 20 heavy (non-hydrogen) atoms. The number of nitro groups is 1. The van der Waals surface area contributed by atoms with Crippen LogP contribution in [0.5, 0.6) is 0 Å². The first-order chi connectivity index (χ1) is 9.51. The molecule has 0 unspecified atom stereocenters. The monoisotopic (exact) mass is 272 g/mol. The summed E-state index contributed by atoms with van der Waals surface area (Å²) >= 11 is 0. The average Bonchev–Trinajstić information content (AvgIpc) is 2.46. The number of pyridine rings is 1. The minimum atomic E-state index is -0.422. The van der Waals surface area contributed by atoms with Crippen molar-refractivity contribution < 1.29 is 4.92 Å². The Balaban J connectivity index is 2.42. The summed E-state index contributed by atoms with van der Waals surface area (Å²) in [7, 11) is 3.51. The summed E-state index contributed by atoms with van der Waals surface area (Å²) in [5.74, 6) is 0.987. The molecule has 0 saturated heterocycles. The van der Waals surface area contributed by atoms with Crippen molar-refractivity contribution in [3.63, 3.8) is 0 Å². The maximum atomic E-state index is 11.0. The van der Waals surface area contributed by atoms with Crippen molar-refractivity contribution >= 4 is 23.0 Å². The second kappa shape index (κ2) is 5.56. The van der Waals surface area contributed by atoms with Crippen molar-refractivity contribution in [2.45, 2.75) is 6.92 Å². The Morgan fingerprint density at radius 2 is 1.90 bits per heavy atom. The van der Waals surface area contributed by atoms with Gasteiger partial charge in [-0.05, 0) is 19.1 Å². The third kappa shape index (κ3) is 2.85. The summed E-state index contributed by atoms with van der Waals surface area (Å²) in [6, 6.07) is 10.8. The van der Waals surface area contributed by atoms with E-state index in [0.717, 1.165) is 11.3 Å². The number of anilines is 3. The number of rotatable bonds is 4. The van der Waals surface area contributed by atoms with Crippen LogP contribution in [0, 0.1) is 17.0 Å². The Morgan fingerprint density at radius 3 is 2.45 bits per heavy atom. The number of aromatic nitrogens is 1. The molecule has 0 spiro atoms. The molecule has 1 N–H and O–H groups in total. The van der Waals surface area contributed by atoms with Crippen molar-refractivity contribution in [1.82, 2.24) is 4.98 Å². The molecule has 0 saturated carbocycles. The summed E-state index contributed by atoms with van der Waals surface area (Å²) in [5, 5.41) is 13.8. The van der Waals surface area contributed by atoms with Gasteiger partial charge >= 0.3 is 0 Å². The number of nitrogens with zero attached hydrogens (tertiary/aromatic N) is 3. The maximum Gasteiger partial charge on any atom is 0.276 e. The van der Waals surface area contributed by atoms with Crippen LogP contribution in [-0.2, 0) is 0 Å². The lowest BCUT2D eigenvalue weighted by atomic mass is 10.2. The molecule has 0 aliphatic rings. The Bertz CT molecular complexity index is 626. The zero-order chi connectivity index (χ0) is 14.7. The zero-order valence-electron chi connectivity index (χ0n) is 11.6. The van der Waals surface area contributed by atoms with Crippen LogP contribution in [-0.4, -0.2) is 24.0 Å². The fourth-order valence-corrected chi connectivity index (χ4v) is 1.81. The fourth-order valence-electron chi connectivity index (χ4n) is 1.81. The van der Waals surface area contributed by atoms with Gasteiger partial charge in [0.1, 0.15) is 11.6 Å². The topological polar surface area (TPSA) is 71.3 Å². The first-order valence-electron chi connectivity index (χ1n) is 6.16. The molecule has 6 nitrogen and oxygen atoms in total. The van der Waals surface area contributed by atoms with E-state index in [-0.39, 0.29) is 5.69 Å². The summed E-state index contributed by atoms with van der Waals surface area (Å²) in [6.07, 6.45) is 0. The van der Waals surface area contributed by atoms with Crippen molar-refractivity contribution in [2.75, 3.05) is 24.3 Å². The van der Waals surface area contributed by atoms with E-state index in [2.05, 4.69) is 10.3 Å². The molecule has 0 amide bonds. The highest BCUT2D eigenvalue weighted by Gasteiger charge is 2.14. The lowest BCUT2D eigenvalue weighted by molar-refractivity contribution is -0.384. The van der Waals surface area contributed by atoms with Crippen LogP contribution >= 0.6 is 0 Å².